The lowest BCUT2D eigenvalue weighted by atomic mass is 9.66. The van der Waals surface area contributed by atoms with Crippen molar-refractivity contribution in [3.05, 3.63) is 90.5 Å². The highest BCUT2D eigenvalue weighted by Gasteiger charge is 2.58. The molecule has 3 aliphatic rings. The van der Waals surface area contributed by atoms with Gasteiger partial charge in [0, 0.05) is 5.41 Å². The molecule has 0 amide bonds. The number of hydrogen-bond acceptors (Lipinski definition) is 3. The van der Waals surface area contributed by atoms with Crippen molar-refractivity contribution >= 4 is 28.4 Å². The third kappa shape index (κ3) is 2.41. The third-order valence-corrected chi connectivity index (χ3v) is 9.12. The Morgan fingerprint density at radius 1 is 0.657 bits per heavy atom. The standard InChI is InChI=1S/C32H30N2O/c1-5-31(3)23-14-10-15-24-29(23)34(32(31,4)6-2)25-16-11-17-28-30(25)33(24)26-20-22(18-19-27(26)35-28)21-12-8-7-9-13-21/h7-20H,5-6H2,1-4H3. The molecule has 7 rings (SSSR count). The number of para-hydroxylation sites is 2. The number of hydrogen-bond donors (Lipinski definition) is 0. The maximum atomic E-state index is 6.55. The summed E-state index contributed by atoms with van der Waals surface area (Å²) in [6, 6.07) is 30.6. The molecule has 0 saturated heterocycles. The minimum atomic E-state index is -0.0342. The van der Waals surface area contributed by atoms with E-state index >= 15 is 0 Å². The number of ether oxygens (including phenoxy) is 1. The molecule has 0 N–H and O–H groups in total. The molecule has 2 atom stereocenters. The normalized spacial score (nSPS) is 22.9. The molecule has 0 radical (unpaired) electrons. The van der Waals surface area contributed by atoms with E-state index in [4.69, 9.17) is 4.74 Å². The number of fused-ring (bicyclic) bond motifs is 4. The molecule has 0 aliphatic carbocycles. The Labute approximate surface area is 207 Å². The van der Waals surface area contributed by atoms with Gasteiger partial charge in [-0.3, -0.25) is 4.90 Å². The van der Waals surface area contributed by atoms with Crippen LogP contribution in [0.1, 0.15) is 46.1 Å². The molecule has 174 valence electrons. The van der Waals surface area contributed by atoms with Gasteiger partial charge >= 0.3 is 0 Å². The van der Waals surface area contributed by atoms with Gasteiger partial charge in [-0.05, 0) is 66.8 Å². The van der Waals surface area contributed by atoms with Crippen molar-refractivity contribution in [1.82, 2.24) is 0 Å². The van der Waals surface area contributed by atoms with Crippen LogP contribution in [0.4, 0.5) is 28.4 Å². The van der Waals surface area contributed by atoms with Crippen molar-refractivity contribution in [2.75, 3.05) is 9.80 Å². The fourth-order valence-electron chi connectivity index (χ4n) is 6.76. The lowest BCUT2D eigenvalue weighted by Crippen LogP contribution is -2.52. The minimum Gasteiger partial charge on any atom is -0.453 e. The molecule has 3 nitrogen and oxygen atoms in total. The van der Waals surface area contributed by atoms with Crippen LogP contribution < -0.4 is 14.5 Å². The van der Waals surface area contributed by atoms with Crippen LogP contribution in [0, 0.1) is 0 Å². The second-order valence-electron chi connectivity index (χ2n) is 10.4. The molecular weight excluding hydrogens is 428 g/mol. The molecule has 3 aliphatic heterocycles. The van der Waals surface area contributed by atoms with Crippen LogP contribution in [-0.4, -0.2) is 5.54 Å². The molecular formula is C32H30N2O. The molecule has 3 heteroatoms. The number of nitrogens with zero attached hydrogens (tertiary/aromatic N) is 2. The Morgan fingerprint density at radius 3 is 2.20 bits per heavy atom. The average molecular weight is 459 g/mol. The summed E-state index contributed by atoms with van der Waals surface area (Å²) in [5.41, 5.74) is 9.94. The lowest BCUT2D eigenvalue weighted by Gasteiger charge is -2.50. The number of rotatable bonds is 3. The Kier molecular flexibility index (Phi) is 4.08. The van der Waals surface area contributed by atoms with Gasteiger partial charge in [-0.15, -0.1) is 0 Å². The highest BCUT2D eigenvalue weighted by molar-refractivity contribution is 6.06. The van der Waals surface area contributed by atoms with E-state index in [1.54, 1.807) is 0 Å². The van der Waals surface area contributed by atoms with Crippen LogP contribution in [-0.2, 0) is 5.41 Å². The zero-order valence-corrected chi connectivity index (χ0v) is 20.8. The first kappa shape index (κ1) is 20.6. The second-order valence-corrected chi connectivity index (χ2v) is 10.4. The van der Waals surface area contributed by atoms with Gasteiger partial charge in [-0.1, -0.05) is 75.4 Å². The topological polar surface area (TPSA) is 15.7 Å². The maximum Gasteiger partial charge on any atom is 0.153 e. The van der Waals surface area contributed by atoms with Crippen LogP contribution in [0.15, 0.2) is 84.9 Å². The van der Waals surface area contributed by atoms with Crippen LogP contribution in [0.5, 0.6) is 11.5 Å². The van der Waals surface area contributed by atoms with Crippen molar-refractivity contribution in [2.45, 2.75) is 51.5 Å². The SMILES string of the molecule is CCC1(C)c2cccc3c2N(c2cccc4c2N3c2cc(-c3ccccc3)ccc2O4)C1(C)CC. The van der Waals surface area contributed by atoms with Gasteiger partial charge in [-0.2, -0.15) is 0 Å². The Morgan fingerprint density at radius 2 is 1.43 bits per heavy atom. The Bertz CT molecular complexity index is 1490. The Balaban J connectivity index is 1.54. The monoisotopic (exact) mass is 458 g/mol. The first-order chi connectivity index (χ1) is 17.0. The van der Waals surface area contributed by atoms with Crippen molar-refractivity contribution in [2.24, 2.45) is 0 Å². The minimum absolute atomic E-state index is 0.0342. The molecule has 3 heterocycles. The molecule has 4 aromatic carbocycles. The summed E-state index contributed by atoms with van der Waals surface area (Å²) in [5, 5.41) is 0. The molecule has 35 heavy (non-hydrogen) atoms. The van der Waals surface area contributed by atoms with Gasteiger partial charge in [0.1, 0.15) is 5.69 Å². The summed E-state index contributed by atoms with van der Waals surface area (Å²) in [7, 11) is 0. The molecule has 0 fully saturated rings. The summed E-state index contributed by atoms with van der Waals surface area (Å²) in [6.07, 6.45) is 2.15. The largest absolute Gasteiger partial charge is 0.453 e. The van der Waals surface area contributed by atoms with Crippen LogP contribution in [0.3, 0.4) is 0 Å². The van der Waals surface area contributed by atoms with Crippen molar-refractivity contribution in [3.63, 3.8) is 0 Å². The molecule has 4 aromatic rings. The third-order valence-electron chi connectivity index (χ3n) is 9.12. The van der Waals surface area contributed by atoms with E-state index in [1.807, 2.05) is 0 Å². The van der Waals surface area contributed by atoms with E-state index < -0.39 is 0 Å². The van der Waals surface area contributed by atoms with Crippen LogP contribution in [0.2, 0.25) is 0 Å². The summed E-state index contributed by atoms with van der Waals surface area (Å²) < 4.78 is 6.55. The average Bonchev–Trinajstić information content (AvgIpc) is 3.12. The van der Waals surface area contributed by atoms with Crippen molar-refractivity contribution in [1.29, 1.82) is 0 Å². The molecule has 0 bridgehead atoms. The van der Waals surface area contributed by atoms with E-state index in [9.17, 15) is 0 Å². The van der Waals surface area contributed by atoms with Crippen LogP contribution in [0.25, 0.3) is 11.1 Å². The molecule has 0 spiro atoms. The second kappa shape index (κ2) is 6.91. The van der Waals surface area contributed by atoms with Gasteiger partial charge in [-0.25, -0.2) is 0 Å². The molecule has 2 unspecified atom stereocenters. The van der Waals surface area contributed by atoms with E-state index in [2.05, 4.69) is 122 Å². The molecule has 0 saturated carbocycles. The highest BCUT2D eigenvalue weighted by Crippen LogP contribution is 2.68. The van der Waals surface area contributed by atoms with E-state index in [0.29, 0.717) is 0 Å². The van der Waals surface area contributed by atoms with Gasteiger partial charge < -0.3 is 9.64 Å². The maximum absolute atomic E-state index is 6.55. The predicted molar refractivity (Wildman–Crippen MR) is 145 cm³/mol. The fraction of sp³-hybridized carbons (Fsp3) is 0.250. The summed E-state index contributed by atoms with van der Waals surface area (Å²) in [5.74, 6) is 1.82. The van der Waals surface area contributed by atoms with Gasteiger partial charge in [0.05, 0.1) is 28.3 Å². The first-order valence-electron chi connectivity index (χ1n) is 12.8. The predicted octanol–water partition coefficient (Wildman–Crippen LogP) is 9.23. The van der Waals surface area contributed by atoms with Crippen molar-refractivity contribution in [3.8, 4) is 22.6 Å². The Hall–Kier alpha value is -3.72. The first-order valence-corrected chi connectivity index (χ1v) is 12.8. The quantitative estimate of drug-likeness (QED) is 0.268. The van der Waals surface area contributed by atoms with Gasteiger partial charge in [0.15, 0.2) is 11.5 Å². The van der Waals surface area contributed by atoms with E-state index in [-0.39, 0.29) is 11.0 Å². The smallest absolute Gasteiger partial charge is 0.153 e. The van der Waals surface area contributed by atoms with Crippen LogP contribution >= 0.6 is 0 Å². The lowest BCUT2D eigenvalue weighted by molar-refractivity contribution is 0.261. The summed E-state index contributed by atoms with van der Waals surface area (Å²) >= 11 is 0. The number of benzene rings is 4. The van der Waals surface area contributed by atoms with Crippen molar-refractivity contribution < 1.29 is 4.74 Å². The summed E-state index contributed by atoms with van der Waals surface area (Å²) in [6.45, 7) is 9.57. The van der Waals surface area contributed by atoms with Gasteiger partial charge in [0.25, 0.3) is 0 Å². The fourth-order valence-corrected chi connectivity index (χ4v) is 6.76. The molecule has 0 aromatic heterocycles. The highest BCUT2D eigenvalue weighted by atomic mass is 16.5. The van der Waals surface area contributed by atoms with E-state index in [0.717, 1.165) is 35.7 Å². The summed E-state index contributed by atoms with van der Waals surface area (Å²) in [4.78, 5) is 5.08. The van der Waals surface area contributed by atoms with E-state index in [1.165, 1.54) is 33.8 Å². The zero-order chi connectivity index (χ0) is 23.9. The van der Waals surface area contributed by atoms with Gasteiger partial charge in [0.2, 0.25) is 0 Å². The number of anilines is 5. The zero-order valence-electron chi connectivity index (χ0n) is 20.8.